The summed E-state index contributed by atoms with van der Waals surface area (Å²) < 4.78 is 3.31. The lowest BCUT2D eigenvalue weighted by Gasteiger charge is -2.12. The van der Waals surface area contributed by atoms with E-state index in [-0.39, 0.29) is 17.1 Å². The standard InChI is InChI=1S/C19H17ClN6O/c1-11-15(12-6-8-13(20)9-7-12)17-23-22-16-18(26(17)24-11)21-10-25(19(16)27)14-4-2-3-5-14/h6-10,14H,2-5H2,1H3. The highest BCUT2D eigenvalue weighted by Gasteiger charge is 2.22. The first-order valence-corrected chi connectivity index (χ1v) is 9.40. The second-order valence-electron chi connectivity index (χ2n) is 6.97. The molecule has 0 amide bonds. The largest absolute Gasteiger partial charge is 0.294 e. The van der Waals surface area contributed by atoms with Gasteiger partial charge in [0.2, 0.25) is 0 Å². The molecule has 1 aliphatic carbocycles. The number of hydrogen-bond acceptors (Lipinski definition) is 5. The molecule has 0 saturated heterocycles. The van der Waals surface area contributed by atoms with E-state index in [4.69, 9.17) is 11.6 Å². The van der Waals surface area contributed by atoms with Crippen LogP contribution in [0.5, 0.6) is 0 Å². The Balaban J connectivity index is 1.74. The Bertz CT molecular complexity index is 1220. The van der Waals surface area contributed by atoms with E-state index in [0.29, 0.717) is 16.3 Å². The van der Waals surface area contributed by atoms with Gasteiger partial charge in [-0.3, -0.25) is 9.36 Å². The van der Waals surface area contributed by atoms with E-state index in [2.05, 4.69) is 20.3 Å². The maximum absolute atomic E-state index is 12.9. The third-order valence-corrected chi connectivity index (χ3v) is 5.54. The lowest BCUT2D eigenvalue weighted by molar-refractivity contribution is 0.497. The first-order valence-electron chi connectivity index (χ1n) is 9.02. The van der Waals surface area contributed by atoms with Gasteiger partial charge in [0.15, 0.2) is 16.8 Å². The molecule has 0 spiro atoms. The van der Waals surface area contributed by atoms with Gasteiger partial charge in [-0.05, 0) is 37.5 Å². The highest BCUT2D eigenvalue weighted by atomic mass is 35.5. The van der Waals surface area contributed by atoms with Crippen LogP contribution >= 0.6 is 11.6 Å². The van der Waals surface area contributed by atoms with Crippen molar-refractivity contribution in [1.82, 2.24) is 29.4 Å². The van der Waals surface area contributed by atoms with E-state index in [1.54, 1.807) is 15.4 Å². The first kappa shape index (κ1) is 16.4. The van der Waals surface area contributed by atoms with Crippen molar-refractivity contribution in [3.8, 4) is 11.1 Å². The molecular weight excluding hydrogens is 364 g/mol. The predicted octanol–water partition coefficient (Wildman–Crippen LogP) is 3.58. The number of aryl methyl sites for hydroxylation is 1. The quantitative estimate of drug-likeness (QED) is 0.531. The van der Waals surface area contributed by atoms with Crippen LogP contribution in [0.2, 0.25) is 5.02 Å². The second kappa shape index (κ2) is 6.13. The minimum atomic E-state index is -0.150. The molecule has 5 rings (SSSR count). The van der Waals surface area contributed by atoms with Crippen molar-refractivity contribution in [3.05, 3.63) is 51.7 Å². The molecule has 1 fully saturated rings. The number of fused-ring (bicyclic) bond motifs is 3. The topological polar surface area (TPSA) is 78.0 Å². The van der Waals surface area contributed by atoms with E-state index in [1.165, 1.54) is 0 Å². The van der Waals surface area contributed by atoms with Gasteiger partial charge in [-0.15, -0.1) is 10.2 Å². The molecule has 7 nitrogen and oxygen atoms in total. The SMILES string of the molecule is Cc1nn2c(nnc3c(=O)n(C4CCCC4)cnc32)c1-c1ccc(Cl)cc1. The fourth-order valence-corrected chi connectivity index (χ4v) is 4.07. The zero-order chi connectivity index (χ0) is 18.5. The lowest BCUT2D eigenvalue weighted by atomic mass is 10.1. The molecule has 3 aromatic heterocycles. The first-order chi connectivity index (χ1) is 13.1. The summed E-state index contributed by atoms with van der Waals surface area (Å²) in [5, 5.41) is 13.8. The molecule has 136 valence electrons. The summed E-state index contributed by atoms with van der Waals surface area (Å²) in [6, 6.07) is 7.70. The van der Waals surface area contributed by atoms with Crippen LogP contribution in [0.4, 0.5) is 0 Å². The monoisotopic (exact) mass is 380 g/mol. The number of nitrogens with zero attached hydrogens (tertiary/aromatic N) is 6. The molecule has 0 bridgehead atoms. The summed E-state index contributed by atoms with van der Waals surface area (Å²) in [6.45, 7) is 1.91. The van der Waals surface area contributed by atoms with Crippen molar-refractivity contribution in [2.75, 3.05) is 0 Å². The Kier molecular flexibility index (Phi) is 3.72. The van der Waals surface area contributed by atoms with Gasteiger partial charge in [0.25, 0.3) is 5.56 Å². The van der Waals surface area contributed by atoms with Crippen molar-refractivity contribution >= 4 is 28.4 Å². The molecule has 4 aromatic rings. The normalized spacial score (nSPS) is 15.2. The van der Waals surface area contributed by atoms with Crippen molar-refractivity contribution in [2.45, 2.75) is 38.6 Å². The van der Waals surface area contributed by atoms with E-state index in [0.717, 1.165) is 42.5 Å². The summed E-state index contributed by atoms with van der Waals surface area (Å²) in [5.74, 6) is 0. The minimum Gasteiger partial charge on any atom is -0.294 e. The van der Waals surface area contributed by atoms with E-state index < -0.39 is 0 Å². The van der Waals surface area contributed by atoms with Crippen LogP contribution in [-0.2, 0) is 0 Å². The van der Waals surface area contributed by atoms with Crippen LogP contribution < -0.4 is 5.56 Å². The maximum atomic E-state index is 12.9. The van der Waals surface area contributed by atoms with Gasteiger partial charge < -0.3 is 0 Å². The van der Waals surface area contributed by atoms with Gasteiger partial charge >= 0.3 is 0 Å². The zero-order valence-corrected chi connectivity index (χ0v) is 15.5. The smallest absolute Gasteiger partial charge is 0.283 e. The van der Waals surface area contributed by atoms with Gasteiger partial charge in [0.1, 0.15) is 6.33 Å². The fourth-order valence-electron chi connectivity index (χ4n) is 3.94. The molecular formula is C19H17ClN6O. The minimum absolute atomic E-state index is 0.150. The molecule has 1 saturated carbocycles. The summed E-state index contributed by atoms with van der Waals surface area (Å²) in [4.78, 5) is 17.4. The molecule has 0 unspecified atom stereocenters. The second-order valence-corrected chi connectivity index (χ2v) is 7.41. The summed E-state index contributed by atoms with van der Waals surface area (Å²) in [7, 11) is 0. The van der Waals surface area contributed by atoms with Gasteiger partial charge in [-0.2, -0.15) is 9.61 Å². The van der Waals surface area contributed by atoms with Crippen LogP contribution in [0, 0.1) is 6.92 Å². The average Bonchev–Trinajstić information content (AvgIpc) is 3.30. The third kappa shape index (κ3) is 2.53. The van der Waals surface area contributed by atoms with Gasteiger partial charge in [0, 0.05) is 11.1 Å². The van der Waals surface area contributed by atoms with Gasteiger partial charge in [-0.25, -0.2) is 4.98 Å². The fraction of sp³-hybridized carbons (Fsp3) is 0.316. The van der Waals surface area contributed by atoms with Crippen molar-refractivity contribution < 1.29 is 0 Å². The van der Waals surface area contributed by atoms with Crippen molar-refractivity contribution in [1.29, 1.82) is 0 Å². The molecule has 0 atom stereocenters. The Morgan fingerprint density at radius 3 is 2.56 bits per heavy atom. The highest BCUT2D eigenvalue weighted by Crippen LogP contribution is 2.30. The number of rotatable bonds is 2. The molecule has 27 heavy (non-hydrogen) atoms. The van der Waals surface area contributed by atoms with E-state index in [9.17, 15) is 4.79 Å². The van der Waals surface area contributed by atoms with Crippen LogP contribution in [0.25, 0.3) is 27.9 Å². The van der Waals surface area contributed by atoms with Crippen molar-refractivity contribution in [2.24, 2.45) is 0 Å². The molecule has 1 aromatic carbocycles. The molecule has 0 aliphatic heterocycles. The van der Waals surface area contributed by atoms with Crippen LogP contribution in [-0.4, -0.2) is 29.4 Å². The lowest BCUT2D eigenvalue weighted by Crippen LogP contribution is -2.25. The number of halogens is 1. The Labute approximate surface area is 159 Å². The molecule has 0 radical (unpaired) electrons. The van der Waals surface area contributed by atoms with Crippen LogP contribution in [0.3, 0.4) is 0 Å². The van der Waals surface area contributed by atoms with E-state index in [1.807, 2.05) is 31.2 Å². The predicted molar refractivity (Wildman–Crippen MR) is 103 cm³/mol. The Morgan fingerprint density at radius 2 is 1.81 bits per heavy atom. The molecule has 0 N–H and O–H groups in total. The van der Waals surface area contributed by atoms with Gasteiger partial charge in [-0.1, -0.05) is 36.6 Å². The summed E-state index contributed by atoms with van der Waals surface area (Å²) >= 11 is 6.00. The van der Waals surface area contributed by atoms with Crippen molar-refractivity contribution in [3.63, 3.8) is 0 Å². The zero-order valence-electron chi connectivity index (χ0n) is 14.8. The highest BCUT2D eigenvalue weighted by molar-refractivity contribution is 6.30. The van der Waals surface area contributed by atoms with E-state index >= 15 is 0 Å². The number of hydrogen-bond donors (Lipinski definition) is 0. The Morgan fingerprint density at radius 1 is 1.07 bits per heavy atom. The van der Waals surface area contributed by atoms with Crippen LogP contribution in [0.15, 0.2) is 35.4 Å². The summed E-state index contributed by atoms with van der Waals surface area (Å²) in [6.07, 6.45) is 5.92. The molecule has 8 heteroatoms. The maximum Gasteiger partial charge on any atom is 0.283 e. The number of benzene rings is 1. The third-order valence-electron chi connectivity index (χ3n) is 5.29. The molecule has 3 heterocycles. The van der Waals surface area contributed by atoms with Crippen LogP contribution in [0.1, 0.15) is 37.4 Å². The average molecular weight is 381 g/mol. The Hall–Kier alpha value is -2.80. The summed E-state index contributed by atoms with van der Waals surface area (Å²) in [5.41, 5.74) is 3.71. The van der Waals surface area contributed by atoms with Gasteiger partial charge in [0.05, 0.1) is 11.3 Å². The number of aromatic nitrogens is 6. The molecule has 1 aliphatic rings.